The lowest BCUT2D eigenvalue weighted by Gasteiger charge is -2.12. The molecule has 0 aromatic heterocycles. The summed E-state index contributed by atoms with van der Waals surface area (Å²) in [5.74, 6) is 1.66. The second-order valence-corrected chi connectivity index (χ2v) is 3.43. The first-order valence-electron chi connectivity index (χ1n) is 4.75. The SMILES string of the molecule is COc1ccccc1C1CCNC1.Cl. The Balaban J connectivity index is 0.000000980. The van der Waals surface area contributed by atoms with Gasteiger partial charge in [0.05, 0.1) is 7.11 Å². The van der Waals surface area contributed by atoms with Crippen molar-refractivity contribution >= 4 is 12.4 Å². The Bertz CT molecular complexity index is 284. The van der Waals surface area contributed by atoms with Gasteiger partial charge in [0.1, 0.15) is 5.75 Å². The van der Waals surface area contributed by atoms with Crippen LogP contribution in [0.4, 0.5) is 0 Å². The number of ether oxygens (including phenoxy) is 1. The van der Waals surface area contributed by atoms with Crippen LogP contribution in [0.2, 0.25) is 0 Å². The van der Waals surface area contributed by atoms with E-state index >= 15 is 0 Å². The molecular formula is C11H16ClNO. The minimum atomic E-state index is 0. The van der Waals surface area contributed by atoms with Gasteiger partial charge >= 0.3 is 0 Å². The summed E-state index contributed by atoms with van der Waals surface area (Å²) >= 11 is 0. The summed E-state index contributed by atoms with van der Waals surface area (Å²) in [6.07, 6.45) is 1.22. The van der Waals surface area contributed by atoms with Gasteiger partial charge in [-0.1, -0.05) is 18.2 Å². The molecule has 1 aromatic rings. The van der Waals surface area contributed by atoms with Crippen molar-refractivity contribution in [1.29, 1.82) is 0 Å². The number of halogens is 1. The molecule has 0 bridgehead atoms. The average Bonchev–Trinajstić information content (AvgIpc) is 2.70. The standard InChI is InChI=1S/C11H15NO.ClH/c1-13-11-5-3-2-4-10(11)9-6-7-12-8-9;/h2-5,9,12H,6-8H2,1H3;1H. The molecule has 1 heterocycles. The van der Waals surface area contributed by atoms with Gasteiger partial charge in [-0.15, -0.1) is 12.4 Å². The van der Waals surface area contributed by atoms with Crippen LogP contribution in [0.1, 0.15) is 17.9 Å². The van der Waals surface area contributed by atoms with Crippen molar-refractivity contribution < 1.29 is 4.74 Å². The van der Waals surface area contributed by atoms with Crippen LogP contribution >= 0.6 is 12.4 Å². The molecule has 1 fully saturated rings. The van der Waals surface area contributed by atoms with E-state index in [1.165, 1.54) is 12.0 Å². The highest BCUT2D eigenvalue weighted by Crippen LogP contribution is 2.29. The van der Waals surface area contributed by atoms with Gasteiger partial charge in [-0.25, -0.2) is 0 Å². The Kier molecular flexibility index (Phi) is 4.23. The maximum Gasteiger partial charge on any atom is 0.122 e. The fraction of sp³-hybridized carbons (Fsp3) is 0.455. The summed E-state index contributed by atoms with van der Waals surface area (Å²) in [6, 6.07) is 8.30. The first-order chi connectivity index (χ1) is 6.42. The molecule has 0 aliphatic carbocycles. The van der Waals surface area contributed by atoms with Crippen molar-refractivity contribution in [3.63, 3.8) is 0 Å². The Hall–Kier alpha value is -0.730. The number of methoxy groups -OCH3 is 1. The van der Waals surface area contributed by atoms with E-state index in [4.69, 9.17) is 4.74 Å². The summed E-state index contributed by atoms with van der Waals surface area (Å²) in [6.45, 7) is 2.21. The van der Waals surface area contributed by atoms with E-state index in [-0.39, 0.29) is 12.4 Å². The van der Waals surface area contributed by atoms with Crippen LogP contribution in [0.25, 0.3) is 0 Å². The number of nitrogens with one attached hydrogen (secondary N) is 1. The van der Waals surface area contributed by atoms with Gasteiger partial charge in [0, 0.05) is 12.5 Å². The van der Waals surface area contributed by atoms with E-state index in [2.05, 4.69) is 17.4 Å². The van der Waals surface area contributed by atoms with E-state index in [0.717, 1.165) is 18.8 Å². The number of benzene rings is 1. The molecule has 1 atom stereocenters. The zero-order chi connectivity index (χ0) is 9.10. The topological polar surface area (TPSA) is 21.3 Å². The molecule has 78 valence electrons. The first kappa shape index (κ1) is 11.3. The molecule has 0 spiro atoms. The van der Waals surface area contributed by atoms with Gasteiger partial charge in [-0.2, -0.15) is 0 Å². The first-order valence-corrected chi connectivity index (χ1v) is 4.75. The molecular weight excluding hydrogens is 198 g/mol. The van der Waals surface area contributed by atoms with Crippen molar-refractivity contribution in [2.24, 2.45) is 0 Å². The Labute approximate surface area is 91.1 Å². The van der Waals surface area contributed by atoms with E-state index in [9.17, 15) is 0 Å². The highest BCUT2D eigenvalue weighted by atomic mass is 35.5. The predicted molar refractivity (Wildman–Crippen MR) is 60.5 cm³/mol. The summed E-state index contributed by atoms with van der Waals surface area (Å²) in [7, 11) is 1.74. The van der Waals surface area contributed by atoms with Crippen molar-refractivity contribution in [2.75, 3.05) is 20.2 Å². The van der Waals surface area contributed by atoms with Crippen molar-refractivity contribution in [3.05, 3.63) is 29.8 Å². The molecule has 1 N–H and O–H groups in total. The fourth-order valence-electron chi connectivity index (χ4n) is 1.92. The summed E-state index contributed by atoms with van der Waals surface area (Å²) < 4.78 is 5.33. The second-order valence-electron chi connectivity index (χ2n) is 3.43. The molecule has 0 amide bonds. The minimum Gasteiger partial charge on any atom is -0.496 e. The highest BCUT2D eigenvalue weighted by Gasteiger charge is 2.19. The van der Waals surface area contributed by atoms with Crippen molar-refractivity contribution in [3.8, 4) is 5.75 Å². The van der Waals surface area contributed by atoms with Gasteiger partial charge in [-0.3, -0.25) is 0 Å². The van der Waals surface area contributed by atoms with E-state index < -0.39 is 0 Å². The monoisotopic (exact) mass is 213 g/mol. The van der Waals surface area contributed by atoms with Crippen LogP contribution in [0.15, 0.2) is 24.3 Å². The van der Waals surface area contributed by atoms with Crippen LogP contribution in [0.3, 0.4) is 0 Å². The Morgan fingerprint density at radius 3 is 2.79 bits per heavy atom. The van der Waals surface area contributed by atoms with Crippen LogP contribution in [-0.4, -0.2) is 20.2 Å². The van der Waals surface area contributed by atoms with Gasteiger partial charge < -0.3 is 10.1 Å². The van der Waals surface area contributed by atoms with Crippen molar-refractivity contribution in [1.82, 2.24) is 5.32 Å². The largest absolute Gasteiger partial charge is 0.496 e. The maximum absolute atomic E-state index is 5.33. The zero-order valence-electron chi connectivity index (χ0n) is 8.32. The Morgan fingerprint density at radius 1 is 1.36 bits per heavy atom. The molecule has 3 heteroatoms. The van der Waals surface area contributed by atoms with E-state index in [1.54, 1.807) is 7.11 Å². The molecule has 1 saturated heterocycles. The molecule has 0 saturated carbocycles. The average molecular weight is 214 g/mol. The Morgan fingerprint density at radius 2 is 2.14 bits per heavy atom. The van der Waals surface area contributed by atoms with E-state index in [1.807, 2.05) is 12.1 Å². The smallest absolute Gasteiger partial charge is 0.122 e. The number of para-hydroxylation sites is 1. The summed E-state index contributed by atoms with van der Waals surface area (Å²) in [5, 5.41) is 3.37. The maximum atomic E-state index is 5.33. The highest BCUT2D eigenvalue weighted by molar-refractivity contribution is 5.85. The number of hydrogen-bond acceptors (Lipinski definition) is 2. The molecule has 0 radical (unpaired) electrons. The molecule has 1 aliphatic heterocycles. The fourth-order valence-corrected chi connectivity index (χ4v) is 1.92. The molecule has 2 nitrogen and oxygen atoms in total. The minimum absolute atomic E-state index is 0. The molecule has 1 aliphatic rings. The van der Waals surface area contributed by atoms with Crippen LogP contribution < -0.4 is 10.1 Å². The number of rotatable bonds is 2. The molecule has 1 unspecified atom stereocenters. The van der Waals surface area contributed by atoms with Crippen molar-refractivity contribution in [2.45, 2.75) is 12.3 Å². The lowest BCUT2D eigenvalue weighted by atomic mass is 9.97. The van der Waals surface area contributed by atoms with Crippen LogP contribution in [0, 0.1) is 0 Å². The van der Waals surface area contributed by atoms with E-state index in [0.29, 0.717) is 5.92 Å². The molecule has 2 rings (SSSR count). The lowest BCUT2D eigenvalue weighted by Crippen LogP contribution is -2.08. The number of hydrogen-bond donors (Lipinski definition) is 1. The summed E-state index contributed by atoms with van der Waals surface area (Å²) in [5.41, 5.74) is 1.34. The predicted octanol–water partition coefficient (Wildman–Crippen LogP) is 2.19. The third kappa shape index (κ3) is 2.20. The van der Waals surface area contributed by atoms with Crippen LogP contribution in [-0.2, 0) is 0 Å². The quantitative estimate of drug-likeness (QED) is 0.814. The normalized spacial score (nSPS) is 20.2. The third-order valence-corrected chi connectivity index (χ3v) is 2.64. The lowest BCUT2D eigenvalue weighted by molar-refractivity contribution is 0.406. The second kappa shape index (κ2) is 5.23. The third-order valence-electron chi connectivity index (χ3n) is 2.64. The van der Waals surface area contributed by atoms with Gasteiger partial charge in [0.2, 0.25) is 0 Å². The molecule has 1 aromatic carbocycles. The molecule has 14 heavy (non-hydrogen) atoms. The van der Waals surface area contributed by atoms with Gasteiger partial charge in [-0.05, 0) is 24.6 Å². The van der Waals surface area contributed by atoms with Gasteiger partial charge in [0.15, 0.2) is 0 Å². The summed E-state index contributed by atoms with van der Waals surface area (Å²) in [4.78, 5) is 0. The van der Waals surface area contributed by atoms with Gasteiger partial charge in [0.25, 0.3) is 0 Å². The van der Waals surface area contributed by atoms with Crippen LogP contribution in [0.5, 0.6) is 5.75 Å². The zero-order valence-corrected chi connectivity index (χ0v) is 9.14.